The number of H-pyrrole nitrogens is 1. The van der Waals surface area contributed by atoms with Gasteiger partial charge in [-0.15, -0.1) is 0 Å². The number of aromatic amines is 1. The molecule has 2 heterocycles. The lowest BCUT2D eigenvalue weighted by Crippen LogP contribution is -2.18. The first kappa shape index (κ1) is 17.6. The summed E-state index contributed by atoms with van der Waals surface area (Å²) in [7, 11) is -4.02. The Morgan fingerprint density at radius 3 is 2.76 bits per heavy atom. The number of hydrogen-bond acceptors (Lipinski definition) is 3. The number of nitrogens with zero attached hydrogens (tertiary/aromatic N) is 2. The monoisotopic (exact) mass is 392 g/mol. The van der Waals surface area contributed by atoms with Crippen LogP contribution in [0.4, 0.5) is 18.9 Å². The molecule has 0 fully saturated rings. The zero-order chi connectivity index (χ0) is 18.4. The summed E-state index contributed by atoms with van der Waals surface area (Å²) in [6.45, 7) is 0.112. The van der Waals surface area contributed by atoms with E-state index in [0.29, 0.717) is 20.6 Å². The van der Waals surface area contributed by atoms with Gasteiger partial charge in [-0.05, 0) is 25.1 Å². The van der Waals surface area contributed by atoms with Crippen LogP contribution in [-0.4, -0.2) is 29.4 Å². The Bertz CT molecular complexity index is 1040. The molecule has 3 aromatic rings. The van der Waals surface area contributed by atoms with Crippen molar-refractivity contribution in [1.29, 1.82) is 0 Å². The van der Waals surface area contributed by atoms with Gasteiger partial charge in [0.25, 0.3) is 10.0 Å². The molecule has 0 radical (unpaired) electrons. The molecule has 6 nitrogen and oxygen atoms in total. The maximum Gasteiger partial charge on any atom is 0.408 e. The Kier molecular flexibility index (Phi) is 4.20. The van der Waals surface area contributed by atoms with E-state index in [4.69, 9.17) is 11.6 Å². The van der Waals surface area contributed by atoms with Crippen LogP contribution in [0.25, 0.3) is 10.9 Å². The van der Waals surface area contributed by atoms with Gasteiger partial charge in [-0.1, -0.05) is 11.6 Å². The van der Waals surface area contributed by atoms with Crippen LogP contribution in [0.5, 0.6) is 0 Å². The van der Waals surface area contributed by atoms with Crippen LogP contribution >= 0.6 is 11.6 Å². The van der Waals surface area contributed by atoms with Crippen molar-refractivity contribution < 1.29 is 21.6 Å². The van der Waals surface area contributed by atoms with Crippen molar-refractivity contribution in [2.45, 2.75) is 24.5 Å². The summed E-state index contributed by atoms with van der Waals surface area (Å²) >= 11 is 5.86. The summed E-state index contributed by atoms with van der Waals surface area (Å²) in [5.74, 6) is 0. The van der Waals surface area contributed by atoms with E-state index in [9.17, 15) is 21.6 Å². The first-order chi connectivity index (χ1) is 11.5. The summed E-state index contributed by atoms with van der Waals surface area (Å²) in [6.07, 6.45) is -2.16. The maximum absolute atomic E-state index is 12.6. The molecule has 0 saturated heterocycles. The van der Waals surface area contributed by atoms with Crippen LogP contribution in [0.1, 0.15) is 5.69 Å². The zero-order valence-corrected chi connectivity index (χ0v) is 14.3. The number of rotatable bonds is 4. The molecule has 0 unspecified atom stereocenters. The lowest BCUT2D eigenvalue weighted by molar-refractivity contribution is -0.142. The molecule has 134 valence electrons. The van der Waals surface area contributed by atoms with E-state index in [1.807, 2.05) is 0 Å². The standard InChI is InChI=1S/C14H12ClF3N4O2S/c1-8-12(6-22(20-8)7-14(16,17)18)21-25(23,24)13-5-19-11-4-9(15)2-3-10(11)13/h2-6,19,21H,7H2,1H3. The molecule has 0 saturated carbocycles. The average molecular weight is 393 g/mol. The molecule has 11 heteroatoms. The van der Waals surface area contributed by atoms with Gasteiger partial charge in [0.15, 0.2) is 0 Å². The molecule has 0 atom stereocenters. The van der Waals surface area contributed by atoms with Crippen molar-refractivity contribution in [3.05, 3.63) is 41.3 Å². The Balaban J connectivity index is 1.93. The van der Waals surface area contributed by atoms with Crippen LogP contribution in [0.2, 0.25) is 5.02 Å². The van der Waals surface area contributed by atoms with E-state index in [1.165, 1.54) is 13.1 Å². The fraction of sp³-hybridized carbons (Fsp3) is 0.214. The highest BCUT2D eigenvalue weighted by Gasteiger charge is 2.29. The third kappa shape index (κ3) is 3.74. The Labute approximate surface area is 145 Å². The van der Waals surface area contributed by atoms with Crippen LogP contribution in [0.15, 0.2) is 35.5 Å². The van der Waals surface area contributed by atoms with Gasteiger partial charge in [0.05, 0.1) is 11.4 Å². The quantitative estimate of drug-likeness (QED) is 0.710. The minimum atomic E-state index is -4.45. The molecule has 2 N–H and O–H groups in total. The summed E-state index contributed by atoms with van der Waals surface area (Å²) in [6, 6.07) is 4.66. The third-order valence-corrected chi connectivity index (χ3v) is 5.07. The molecule has 1 aromatic carbocycles. The smallest absolute Gasteiger partial charge is 0.360 e. The van der Waals surface area contributed by atoms with E-state index in [0.717, 1.165) is 6.20 Å². The number of fused-ring (bicyclic) bond motifs is 1. The zero-order valence-electron chi connectivity index (χ0n) is 12.7. The van der Waals surface area contributed by atoms with Gasteiger partial charge < -0.3 is 4.98 Å². The van der Waals surface area contributed by atoms with Gasteiger partial charge in [-0.25, -0.2) is 8.42 Å². The first-order valence-corrected chi connectivity index (χ1v) is 8.81. The molecule has 0 amide bonds. The average Bonchev–Trinajstić information content (AvgIpc) is 3.00. The van der Waals surface area contributed by atoms with E-state index < -0.39 is 22.7 Å². The molecule has 2 aromatic heterocycles. The van der Waals surface area contributed by atoms with E-state index in [1.54, 1.807) is 18.2 Å². The van der Waals surface area contributed by atoms with Gasteiger partial charge in [0, 0.05) is 28.3 Å². The van der Waals surface area contributed by atoms with Gasteiger partial charge in [-0.2, -0.15) is 18.3 Å². The molecule has 0 bridgehead atoms. The van der Waals surface area contributed by atoms with Crippen molar-refractivity contribution in [2.75, 3.05) is 4.72 Å². The highest BCUT2D eigenvalue weighted by Crippen LogP contribution is 2.28. The minimum Gasteiger partial charge on any atom is -0.360 e. The normalized spacial score (nSPS) is 12.7. The number of aromatic nitrogens is 3. The van der Waals surface area contributed by atoms with Crippen LogP contribution in [0, 0.1) is 6.92 Å². The summed E-state index contributed by atoms with van der Waals surface area (Å²) < 4.78 is 65.4. The number of aryl methyl sites for hydroxylation is 1. The van der Waals surface area contributed by atoms with Crippen molar-refractivity contribution in [1.82, 2.24) is 14.8 Å². The van der Waals surface area contributed by atoms with Gasteiger partial charge in [0.1, 0.15) is 11.4 Å². The molecular weight excluding hydrogens is 381 g/mol. The molecule has 0 aliphatic carbocycles. The number of benzene rings is 1. The number of anilines is 1. The largest absolute Gasteiger partial charge is 0.408 e. The molecule has 3 rings (SSSR count). The first-order valence-electron chi connectivity index (χ1n) is 6.95. The van der Waals surface area contributed by atoms with E-state index in [-0.39, 0.29) is 16.3 Å². The predicted octanol–water partition coefficient (Wildman–Crippen LogP) is 3.69. The second-order valence-electron chi connectivity index (χ2n) is 5.39. The van der Waals surface area contributed by atoms with E-state index in [2.05, 4.69) is 14.8 Å². The highest BCUT2D eigenvalue weighted by atomic mass is 35.5. The van der Waals surface area contributed by atoms with Crippen molar-refractivity contribution >= 4 is 38.2 Å². The molecule has 0 aliphatic rings. The molecule has 25 heavy (non-hydrogen) atoms. The molecular formula is C14H12ClF3N4O2S. The van der Waals surface area contributed by atoms with Crippen LogP contribution in [-0.2, 0) is 16.6 Å². The second-order valence-corrected chi connectivity index (χ2v) is 7.48. The Morgan fingerprint density at radius 2 is 2.08 bits per heavy atom. The summed E-state index contributed by atoms with van der Waals surface area (Å²) in [4.78, 5) is 2.76. The van der Waals surface area contributed by atoms with Crippen LogP contribution < -0.4 is 4.72 Å². The van der Waals surface area contributed by atoms with Crippen molar-refractivity contribution in [2.24, 2.45) is 0 Å². The number of sulfonamides is 1. The fourth-order valence-electron chi connectivity index (χ4n) is 2.38. The fourth-order valence-corrected chi connectivity index (χ4v) is 3.83. The summed E-state index contributed by atoms with van der Waals surface area (Å²) in [5.41, 5.74) is 0.639. The Hall–Kier alpha value is -2.20. The second kappa shape index (κ2) is 5.95. The Morgan fingerprint density at radius 1 is 1.36 bits per heavy atom. The number of nitrogens with one attached hydrogen (secondary N) is 2. The van der Waals surface area contributed by atoms with Gasteiger partial charge >= 0.3 is 6.18 Å². The maximum atomic E-state index is 12.6. The van der Waals surface area contributed by atoms with E-state index >= 15 is 0 Å². The lowest BCUT2D eigenvalue weighted by atomic mass is 10.2. The minimum absolute atomic E-state index is 0.0208. The van der Waals surface area contributed by atoms with Crippen LogP contribution in [0.3, 0.4) is 0 Å². The SMILES string of the molecule is Cc1nn(CC(F)(F)F)cc1NS(=O)(=O)c1c[nH]c2cc(Cl)ccc12. The van der Waals surface area contributed by atoms with Crippen molar-refractivity contribution in [3.8, 4) is 0 Å². The number of halogens is 4. The highest BCUT2D eigenvalue weighted by molar-refractivity contribution is 7.93. The van der Waals surface area contributed by atoms with Crippen molar-refractivity contribution in [3.63, 3.8) is 0 Å². The topological polar surface area (TPSA) is 79.8 Å². The predicted molar refractivity (Wildman–Crippen MR) is 87.1 cm³/mol. The number of alkyl halides is 3. The molecule has 0 spiro atoms. The summed E-state index contributed by atoms with van der Waals surface area (Å²) in [5, 5.41) is 4.53. The number of hydrogen-bond donors (Lipinski definition) is 2. The third-order valence-electron chi connectivity index (χ3n) is 3.43. The van der Waals surface area contributed by atoms with Gasteiger partial charge in [-0.3, -0.25) is 9.40 Å². The lowest BCUT2D eigenvalue weighted by Gasteiger charge is -2.06. The molecule has 0 aliphatic heterocycles. The van der Waals surface area contributed by atoms with Gasteiger partial charge in [0.2, 0.25) is 0 Å².